The van der Waals surface area contributed by atoms with Gasteiger partial charge in [-0.2, -0.15) is 0 Å². The average Bonchev–Trinajstić information content (AvgIpc) is 2.93. The molecule has 3 aromatic carbocycles. The Labute approximate surface area is 241 Å². The van der Waals surface area contributed by atoms with Crippen molar-refractivity contribution in [2.45, 2.75) is 45.7 Å². The van der Waals surface area contributed by atoms with Crippen LogP contribution in [0.5, 0.6) is 0 Å². The molecule has 0 bridgehead atoms. The summed E-state index contributed by atoms with van der Waals surface area (Å²) >= 11 is 0. The Morgan fingerprint density at radius 3 is 2.00 bits per heavy atom. The first kappa shape index (κ1) is 31.7. The van der Waals surface area contributed by atoms with Crippen molar-refractivity contribution in [3.63, 3.8) is 0 Å². The summed E-state index contributed by atoms with van der Waals surface area (Å²) in [5.41, 5.74) is 1.81. The SMILES string of the molecule is CC(C)CNC(=O)C(Cc1ccccc1)N(Cc1ccc(F)cc1)C(=O)CCCN(c1ccc(F)cc1)S(C)(=O)=O. The van der Waals surface area contributed by atoms with Gasteiger partial charge in [-0.05, 0) is 59.9 Å². The molecular formula is C31H37F2N3O4S. The minimum atomic E-state index is -3.70. The maximum Gasteiger partial charge on any atom is 0.243 e. The lowest BCUT2D eigenvalue weighted by Gasteiger charge is -2.32. The number of hydrogen-bond acceptors (Lipinski definition) is 4. The highest BCUT2D eigenvalue weighted by atomic mass is 32.2. The molecule has 1 atom stereocenters. The van der Waals surface area contributed by atoms with Gasteiger partial charge in [-0.25, -0.2) is 17.2 Å². The molecule has 0 heterocycles. The maximum absolute atomic E-state index is 13.8. The predicted octanol–water partition coefficient (Wildman–Crippen LogP) is 4.92. The first-order valence-corrected chi connectivity index (χ1v) is 15.4. The smallest absolute Gasteiger partial charge is 0.243 e. The average molecular weight is 586 g/mol. The van der Waals surface area contributed by atoms with E-state index in [0.717, 1.165) is 16.1 Å². The van der Waals surface area contributed by atoms with Crippen LogP contribution in [-0.2, 0) is 32.6 Å². The highest BCUT2D eigenvalue weighted by molar-refractivity contribution is 7.92. The van der Waals surface area contributed by atoms with Crippen LogP contribution in [0.4, 0.5) is 14.5 Å². The second-order valence-electron chi connectivity index (χ2n) is 10.4. The fourth-order valence-corrected chi connectivity index (χ4v) is 5.34. The summed E-state index contributed by atoms with van der Waals surface area (Å²) in [5, 5.41) is 2.94. The third kappa shape index (κ3) is 9.97. The number of sulfonamides is 1. The monoisotopic (exact) mass is 585 g/mol. The van der Waals surface area contributed by atoms with Crippen molar-refractivity contribution in [2.24, 2.45) is 5.92 Å². The van der Waals surface area contributed by atoms with Crippen LogP contribution in [0.15, 0.2) is 78.9 Å². The lowest BCUT2D eigenvalue weighted by atomic mass is 10.0. The van der Waals surface area contributed by atoms with Gasteiger partial charge >= 0.3 is 0 Å². The van der Waals surface area contributed by atoms with Crippen LogP contribution in [0.2, 0.25) is 0 Å². The largest absolute Gasteiger partial charge is 0.354 e. The van der Waals surface area contributed by atoms with Crippen LogP contribution in [-0.4, -0.2) is 50.5 Å². The minimum absolute atomic E-state index is 0.0104. The van der Waals surface area contributed by atoms with E-state index in [1.165, 1.54) is 41.3 Å². The third-order valence-electron chi connectivity index (χ3n) is 6.49. The zero-order valence-electron chi connectivity index (χ0n) is 23.6. The molecule has 220 valence electrons. The van der Waals surface area contributed by atoms with E-state index in [2.05, 4.69) is 5.32 Å². The molecule has 0 saturated carbocycles. The van der Waals surface area contributed by atoms with E-state index in [1.54, 1.807) is 12.1 Å². The van der Waals surface area contributed by atoms with Crippen molar-refractivity contribution in [3.8, 4) is 0 Å². The zero-order valence-corrected chi connectivity index (χ0v) is 24.4. The number of halogens is 2. The molecule has 0 radical (unpaired) electrons. The summed E-state index contributed by atoms with van der Waals surface area (Å²) in [4.78, 5) is 28.7. The molecule has 3 aromatic rings. The number of amides is 2. The first-order chi connectivity index (χ1) is 19.4. The Kier molecular flexibility index (Phi) is 11.4. The molecule has 3 rings (SSSR count). The van der Waals surface area contributed by atoms with Crippen LogP contribution in [0.25, 0.3) is 0 Å². The Bertz CT molecular complexity index is 1380. The van der Waals surface area contributed by atoms with Crippen LogP contribution >= 0.6 is 0 Å². The molecular weight excluding hydrogens is 548 g/mol. The normalized spacial score (nSPS) is 12.1. The van der Waals surface area contributed by atoms with Crippen molar-refractivity contribution in [3.05, 3.63) is 102 Å². The number of benzene rings is 3. The van der Waals surface area contributed by atoms with E-state index in [1.807, 2.05) is 44.2 Å². The molecule has 0 saturated heterocycles. The van der Waals surface area contributed by atoms with Crippen molar-refractivity contribution in [2.75, 3.05) is 23.7 Å². The molecule has 0 aromatic heterocycles. The molecule has 41 heavy (non-hydrogen) atoms. The van der Waals surface area contributed by atoms with E-state index in [-0.39, 0.29) is 50.1 Å². The molecule has 2 amide bonds. The van der Waals surface area contributed by atoms with E-state index >= 15 is 0 Å². The summed E-state index contributed by atoms with van der Waals surface area (Å²) < 4.78 is 53.1. The number of nitrogens with zero attached hydrogens (tertiary/aromatic N) is 2. The van der Waals surface area contributed by atoms with Gasteiger partial charge in [0.05, 0.1) is 11.9 Å². The summed E-state index contributed by atoms with van der Waals surface area (Å²) in [5.74, 6) is -1.35. The van der Waals surface area contributed by atoms with E-state index < -0.39 is 27.7 Å². The highest BCUT2D eigenvalue weighted by Gasteiger charge is 2.30. The summed E-state index contributed by atoms with van der Waals surface area (Å²) in [6, 6.07) is 19.3. The van der Waals surface area contributed by atoms with E-state index in [0.29, 0.717) is 17.8 Å². The fourth-order valence-electron chi connectivity index (χ4n) is 4.37. The topological polar surface area (TPSA) is 86.8 Å². The number of carbonyl (C=O) groups excluding carboxylic acids is 2. The van der Waals surface area contributed by atoms with Gasteiger partial charge in [0.25, 0.3) is 0 Å². The molecule has 7 nitrogen and oxygen atoms in total. The zero-order chi connectivity index (χ0) is 30.0. The van der Waals surface area contributed by atoms with Crippen molar-refractivity contribution in [1.82, 2.24) is 10.2 Å². The fraction of sp³-hybridized carbons (Fsp3) is 0.355. The van der Waals surface area contributed by atoms with Crippen molar-refractivity contribution >= 4 is 27.5 Å². The maximum atomic E-state index is 13.8. The Morgan fingerprint density at radius 2 is 1.44 bits per heavy atom. The number of nitrogens with one attached hydrogen (secondary N) is 1. The van der Waals surface area contributed by atoms with Gasteiger partial charge in [-0.1, -0.05) is 56.3 Å². The summed E-state index contributed by atoms with van der Waals surface area (Å²) in [6.45, 7) is 4.44. The number of hydrogen-bond donors (Lipinski definition) is 1. The lowest BCUT2D eigenvalue weighted by Crippen LogP contribution is -2.51. The van der Waals surface area contributed by atoms with E-state index in [4.69, 9.17) is 0 Å². The molecule has 0 fully saturated rings. The van der Waals surface area contributed by atoms with Gasteiger partial charge in [-0.15, -0.1) is 0 Å². The Balaban J connectivity index is 1.87. The van der Waals surface area contributed by atoms with Gasteiger partial charge in [0.1, 0.15) is 17.7 Å². The molecule has 0 aliphatic rings. The summed E-state index contributed by atoms with van der Waals surface area (Å²) in [6.07, 6.45) is 1.43. The van der Waals surface area contributed by atoms with Gasteiger partial charge in [0.15, 0.2) is 0 Å². The Hall–Kier alpha value is -3.79. The van der Waals surface area contributed by atoms with E-state index in [9.17, 15) is 26.8 Å². The minimum Gasteiger partial charge on any atom is -0.354 e. The molecule has 0 spiro atoms. The molecule has 0 aliphatic heterocycles. The molecule has 1 unspecified atom stereocenters. The van der Waals surface area contributed by atoms with Crippen molar-refractivity contribution in [1.29, 1.82) is 0 Å². The number of anilines is 1. The molecule has 1 N–H and O–H groups in total. The van der Waals surface area contributed by atoms with Crippen LogP contribution in [0, 0.1) is 17.6 Å². The van der Waals surface area contributed by atoms with Crippen LogP contribution in [0.3, 0.4) is 0 Å². The van der Waals surface area contributed by atoms with Gasteiger partial charge in [-0.3, -0.25) is 13.9 Å². The predicted molar refractivity (Wildman–Crippen MR) is 157 cm³/mol. The van der Waals surface area contributed by atoms with Gasteiger partial charge in [0.2, 0.25) is 21.8 Å². The number of carbonyl (C=O) groups is 2. The second-order valence-corrected chi connectivity index (χ2v) is 12.3. The second kappa shape index (κ2) is 14.7. The molecule has 10 heteroatoms. The highest BCUT2D eigenvalue weighted by Crippen LogP contribution is 2.21. The van der Waals surface area contributed by atoms with Gasteiger partial charge < -0.3 is 10.2 Å². The lowest BCUT2D eigenvalue weighted by molar-refractivity contribution is -0.141. The number of rotatable bonds is 14. The molecule has 0 aliphatic carbocycles. The first-order valence-electron chi connectivity index (χ1n) is 13.5. The third-order valence-corrected chi connectivity index (χ3v) is 7.68. The quantitative estimate of drug-likeness (QED) is 0.291. The van der Waals surface area contributed by atoms with Crippen LogP contribution < -0.4 is 9.62 Å². The van der Waals surface area contributed by atoms with Gasteiger partial charge in [0, 0.05) is 32.5 Å². The standard InChI is InChI=1S/C31H37F2N3O4S/c1-23(2)21-34-31(38)29(20-24-8-5-4-6-9-24)35(22-25-11-13-26(32)14-12-25)30(37)10-7-19-36(41(3,39)40)28-17-15-27(33)16-18-28/h4-6,8-9,11-18,23,29H,7,10,19-22H2,1-3H3,(H,34,38). The Morgan fingerprint density at radius 1 is 0.854 bits per heavy atom. The summed E-state index contributed by atoms with van der Waals surface area (Å²) in [7, 11) is -3.70. The van der Waals surface area contributed by atoms with Crippen molar-refractivity contribution < 1.29 is 26.8 Å². The van der Waals surface area contributed by atoms with Crippen LogP contribution in [0.1, 0.15) is 37.8 Å².